The first-order chi connectivity index (χ1) is 14.7. The van der Waals surface area contributed by atoms with Crippen LogP contribution in [0.4, 0.5) is 0 Å². The molecule has 0 N–H and O–H groups in total. The number of pyridine rings is 1. The van der Waals surface area contributed by atoms with Gasteiger partial charge in [0.05, 0.1) is 28.3 Å². The molecule has 4 rings (SSSR count). The molecule has 2 aromatic heterocycles. The van der Waals surface area contributed by atoms with Gasteiger partial charge in [0.1, 0.15) is 18.2 Å². The highest BCUT2D eigenvalue weighted by Crippen LogP contribution is 2.19. The second-order valence-electron chi connectivity index (χ2n) is 6.64. The fraction of sp³-hybridized carbons (Fsp3) is 0.0833. The third-order valence-electron chi connectivity index (χ3n) is 4.63. The molecule has 0 unspecified atom stereocenters. The summed E-state index contributed by atoms with van der Waals surface area (Å²) in [5.41, 5.74) is 3.84. The summed E-state index contributed by atoms with van der Waals surface area (Å²) in [6, 6.07) is 23.1. The Kier molecular flexibility index (Phi) is 5.35. The maximum absolute atomic E-state index is 12.3. The fourth-order valence-electron chi connectivity index (χ4n) is 3.15. The number of esters is 1. The standard InChI is InChI=1S/C24H18N4O2/c1-17-21(15-25)23(28(27-17)20-8-3-2-4-9-20)16-30-24(29)14-13-19-12-11-18-7-5-6-10-22(18)26-19/h2-14H,16H2,1H3/b14-13+. The molecule has 0 aliphatic rings. The van der Waals surface area contributed by atoms with Gasteiger partial charge in [0.25, 0.3) is 0 Å². The zero-order valence-corrected chi connectivity index (χ0v) is 16.3. The SMILES string of the molecule is Cc1nn(-c2ccccc2)c(COC(=O)/C=C/c2ccc3ccccc3n2)c1C#N. The number of aromatic nitrogens is 3. The quantitative estimate of drug-likeness (QED) is 0.371. The van der Waals surface area contributed by atoms with Crippen LogP contribution in [0, 0.1) is 18.3 Å². The summed E-state index contributed by atoms with van der Waals surface area (Å²) in [4.78, 5) is 16.8. The van der Waals surface area contributed by atoms with Gasteiger partial charge in [0, 0.05) is 11.5 Å². The number of carbonyl (C=O) groups excluding carboxylic acids is 1. The summed E-state index contributed by atoms with van der Waals surface area (Å²) in [7, 11) is 0. The van der Waals surface area contributed by atoms with Crippen molar-refractivity contribution in [1.82, 2.24) is 14.8 Å². The van der Waals surface area contributed by atoms with Gasteiger partial charge in [0.15, 0.2) is 0 Å². The van der Waals surface area contributed by atoms with E-state index in [1.807, 2.05) is 66.7 Å². The third kappa shape index (κ3) is 3.96. The molecule has 6 heteroatoms. The van der Waals surface area contributed by atoms with Gasteiger partial charge < -0.3 is 4.74 Å². The van der Waals surface area contributed by atoms with E-state index in [4.69, 9.17) is 4.74 Å². The average Bonchev–Trinajstić information content (AvgIpc) is 3.11. The molecule has 2 aromatic carbocycles. The summed E-state index contributed by atoms with van der Waals surface area (Å²) in [6.07, 6.45) is 2.94. The lowest BCUT2D eigenvalue weighted by atomic mass is 10.2. The molecule has 30 heavy (non-hydrogen) atoms. The van der Waals surface area contributed by atoms with E-state index >= 15 is 0 Å². The molecular formula is C24H18N4O2. The van der Waals surface area contributed by atoms with Gasteiger partial charge in [-0.2, -0.15) is 10.4 Å². The molecule has 146 valence electrons. The number of fused-ring (bicyclic) bond motifs is 1. The molecule has 0 aliphatic heterocycles. The Bertz CT molecular complexity index is 1280. The molecule has 0 spiro atoms. The van der Waals surface area contributed by atoms with Crippen LogP contribution in [0.2, 0.25) is 0 Å². The predicted octanol–water partition coefficient (Wildman–Crippen LogP) is 4.36. The lowest BCUT2D eigenvalue weighted by Crippen LogP contribution is -2.08. The molecule has 0 bridgehead atoms. The number of carbonyl (C=O) groups is 1. The zero-order chi connectivity index (χ0) is 20.9. The van der Waals surface area contributed by atoms with E-state index in [-0.39, 0.29) is 6.61 Å². The van der Waals surface area contributed by atoms with Crippen LogP contribution < -0.4 is 0 Å². The van der Waals surface area contributed by atoms with Gasteiger partial charge in [-0.25, -0.2) is 14.5 Å². The highest BCUT2D eigenvalue weighted by atomic mass is 16.5. The number of aryl methyl sites for hydroxylation is 1. The molecule has 0 atom stereocenters. The molecule has 0 saturated carbocycles. The molecular weight excluding hydrogens is 376 g/mol. The van der Waals surface area contributed by atoms with Gasteiger partial charge >= 0.3 is 5.97 Å². The van der Waals surface area contributed by atoms with E-state index < -0.39 is 5.97 Å². The van der Waals surface area contributed by atoms with Gasteiger partial charge in [-0.05, 0) is 37.3 Å². The van der Waals surface area contributed by atoms with Crippen molar-refractivity contribution in [3.05, 3.63) is 95.5 Å². The third-order valence-corrected chi connectivity index (χ3v) is 4.63. The first-order valence-corrected chi connectivity index (χ1v) is 9.40. The Balaban J connectivity index is 1.51. The van der Waals surface area contributed by atoms with Crippen LogP contribution in [0.3, 0.4) is 0 Å². The number of hydrogen-bond acceptors (Lipinski definition) is 5. The van der Waals surface area contributed by atoms with Crippen molar-refractivity contribution >= 4 is 22.9 Å². The van der Waals surface area contributed by atoms with Gasteiger partial charge in [-0.1, -0.05) is 42.5 Å². The molecule has 4 aromatic rings. The average molecular weight is 394 g/mol. The molecule has 0 aliphatic carbocycles. The Morgan fingerprint density at radius 2 is 1.87 bits per heavy atom. The van der Waals surface area contributed by atoms with Crippen molar-refractivity contribution in [1.29, 1.82) is 5.26 Å². The molecule has 2 heterocycles. The second-order valence-corrected chi connectivity index (χ2v) is 6.64. The van der Waals surface area contributed by atoms with Crippen molar-refractivity contribution in [2.24, 2.45) is 0 Å². The summed E-state index contributed by atoms with van der Waals surface area (Å²) < 4.78 is 7.02. The monoisotopic (exact) mass is 394 g/mol. The van der Waals surface area contributed by atoms with Crippen LogP contribution in [0.15, 0.2) is 72.8 Å². The van der Waals surface area contributed by atoms with Crippen LogP contribution in [0.1, 0.15) is 22.6 Å². The lowest BCUT2D eigenvalue weighted by Gasteiger charge is -2.08. The van der Waals surface area contributed by atoms with Gasteiger partial charge in [-0.15, -0.1) is 0 Å². The number of nitrogens with zero attached hydrogens (tertiary/aromatic N) is 4. The minimum Gasteiger partial charge on any atom is -0.456 e. The Labute approximate surface area is 173 Å². The van der Waals surface area contributed by atoms with Crippen molar-refractivity contribution in [3.8, 4) is 11.8 Å². The summed E-state index contributed by atoms with van der Waals surface area (Å²) in [6.45, 7) is 1.70. The topological polar surface area (TPSA) is 80.8 Å². The van der Waals surface area contributed by atoms with Crippen LogP contribution in [0.25, 0.3) is 22.7 Å². The number of nitriles is 1. The summed E-state index contributed by atoms with van der Waals surface area (Å²) >= 11 is 0. The lowest BCUT2D eigenvalue weighted by molar-refractivity contribution is -0.139. The minimum atomic E-state index is -0.521. The van der Waals surface area contributed by atoms with E-state index in [9.17, 15) is 10.1 Å². The van der Waals surface area contributed by atoms with Crippen LogP contribution in [-0.2, 0) is 16.1 Å². The number of para-hydroxylation sites is 2. The van der Waals surface area contributed by atoms with Crippen molar-refractivity contribution in [2.45, 2.75) is 13.5 Å². The Hall–Kier alpha value is -4.24. The van der Waals surface area contributed by atoms with Crippen LogP contribution >= 0.6 is 0 Å². The predicted molar refractivity (Wildman–Crippen MR) is 114 cm³/mol. The van der Waals surface area contributed by atoms with Crippen molar-refractivity contribution < 1.29 is 9.53 Å². The van der Waals surface area contributed by atoms with Gasteiger partial charge in [0.2, 0.25) is 0 Å². The first-order valence-electron chi connectivity index (χ1n) is 9.40. The number of rotatable bonds is 5. The van der Waals surface area contributed by atoms with E-state index in [2.05, 4.69) is 16.2 Å². The molecule has 0 fully saturated rings. The second kappa shape index (κ2) is 8.41. The Morgan fingerprint density at radius 3 is 2.67 bits per heavy atom. The maximum atomic E-state index is 12.3. The van der Waals surface area contributed by atoms with Crippen LogP contribution in [0.5, 0.6) is 0 Å². The fourth-order valence-corrected chi connectivity index (χ4v) is 3.15. The van der Waals surface area contributed by atoms with E-state index in [0.717, 1.165) is 16.6 Å². The smallest absolute Gasteiger partial charge is 0.331 e. The highest BCUT2D eigenvalue weighted by Gasteiger charge is 2.17. The molecule has 0 saturated heterocycles. The van der Waals surface area contributed by atoms with Crippen LogP contribution in [-0.4, -0.2) is 20.7 Å². The minimum absolute atomic E-state index is 0.0625. The van der Waals surface area contributed by atoms with Crippen molar-refractivity contribution in [3.63, 3.8) is 0 Å². The van der Waals surface area contributed by atoms with E-state index in [1.54, 1.807) is 17.7 Å². The summed E-state index contributed by atoms with van der Waals surface area (Å²) in [5.74, 6) is -0.521. The highest BCUT2D eigenvalue weighted by molar-refractivity contribution is 5.87. The van der Waals surface area contributed by atoms with Gasteiger partial charge in [-0.3, -0.25) is 0 Å². The Morgan fingerprint density at radius 1 is 1.10 bits per heavy atom. The zero-order valence-electron chi connectivity index (χ0n) is 16.3. The van der Waals surface area contributed by atoms with E-state index in [1.165, 1.54) is 6.08 Å². The van der Waals surface area contributed by atoms with E-state index in [0.29, 0.717) is 22.6 Å². The largest absolute Gasteiger partial charge is 0.456 e. The number of hydrogen-bond donors (Lipinski definition) is 0. The molecule has 0 radical (unpaired) electrons. The molecule has 6 nitrogen and oxygen atoms in total. The number of ether oxygens (including phenoxy) is 1. The maximum Gasteiger partial charge on any atom is 0.331 e. The molecule has 0 amide bonds. The summed E-state index contributed by atoms with van der Waals surface area (Å²) in [5, 5.41) is 15.0. The number of benzene rings is 2. The first kappa shape index (κ1) is 19.1. The normalized spacial score (nSPS) is 10.9. The van der Waals surface area contributed by atoms with Crippen molar-refractivity contribution in [2.75, 3.05) is 0 Å².